The molecule has 6 nitrogen and oxygen atoms in total. The van der Waals surface area contributed by atoms with Gasteiger partial charge in [0.05, 0.1) is 10.5 Å². The smallest absolute Gasteiger partial charge is 0.267 e. The van der Waals surface area contributed by atoms with Crippen LogP contribution < -0.4 is 10.5 Å². The summed E-state index contributed by atoms with van der Waals surface area (Å²) in [5, 5.41) is 0. The van der Waals surface area contributed by atoms with Gasteiger partial charge in [-0.15, -0.1) is 0 Å². The number of piperidine rings is 1. The van der Waals surface area contributed by atoms with Gasteiger partial charge in [0.25, 0.3) is 11.5 Å². The predicted octanol–water partition coefficient (Wildman–Crippen LogP) is 4.46. The van der Waals surface area contributed by atoms with Gasteiger partial charge >= 0.3 is 0 Å². The van der Waals surface area contributed by atoms with Gasteiger partial charge in [-0.2, -0.15) is 0 Å². The fourth-order valence-electron chi connectivity index (χ4n) is 5.11. The maximum absolute atomic E-state index is 13.5. The van der Waals surface area contributed by atoms with Crippen LogP contribution in [0.5, 0.6) is 0 Å². The Morgan fingerprint density at radius 2 is 1.94 bits per heavy atom. The highest BCUT2D eigenvalue weighted by atomic mass is 32.2. The molecule has 2 aromatic rings. The van der Waals surface area contributed by atoms with Gasteiger partial charge in [0, 0.05) is 25.3 Å². The zero-order chi connectivity index (χ0) is 22.2. The van der Waals surface area contributed by atoms with Gasteiger partial charge in [-0.05, 0) is 49.8 Å². The van der Waals surface area contributed by atoms with E-state index in [-0.39, 0.29) is 17.5 Å². The lowest BCUT2D eigenvalue weighted by atomic mass is 9.94. The highest BCUT2D eigenvalue weighted by molar-refractivity contribution is 8.26. The maximum Gasteiger partial charge on any atom is 0.267 e. The summed E-state index contributed by atoms with van der Waals surface area (Å²) in [6, 6.07) is 5.75. The van der Waals surface area contributed by atoms with Gasteiger partial charge in [0.1, 0.15) is 15.8 Å². The normalized spacial score (nSPS) is 24.2. The van der Waals surface area contributed by atoms with Crippen molar-refractivity contribution >= 4 is 51.7 Å². The second-order valence-electron chi connectivity index (χ2n) is 9.12. The molecule has 0 N–H and O–H groups in total. The number of amides is 1. The molecule has 3 fully saturated rings. The number of hydrogen-bond donors (Lipinski definition) is 0. The number of pyridine rings is 1. The van der Waals surface area contributed by atoms with Crippen molar-refractivity contribution in [3.63, 3.8) is 0 Å². The van der Waals surface area contributed by atoms with Crippen LogP contribution in [0.25, 0.3) is 11.7 Å². The van der Waals surface area contributed by atoms with Crippen molar-refractivity contribution in [1.82, 2.24) is 14.3 Å². The monoisotopic (exact) mass is 468 g/mol. The van der Waals surface area contributed by atoms with Gasteiger partial charge in [-0.1, -0.05) is 56.2 Å². The number of thioether (sulfide) groups is 1. The fraction of sp³-hybridized carbons (Fsp3) is 0.500. The van der Waals surface area contributed by atoms with Crippen LogP contribution in [-0.4, -0.2) is 43.6 Å². The molecular formula is C24H28N4O2S2. The van der Waals surface area contributed by atoms with Crippen molar-refractivity contribution in [2.75, 3.05) is 18.0 Å². The van der Waals surface area contributed by atoms with Crippen molar-refractivity contribution in [2.45, 2.75) is 57.9 Å². The molecule has 1 atom stereocenters. The summed E-state index contributed by atoms with van der Waals surface area (Å²) < 4.78 is 2.17. The minimum absolute atomic E-state index is 0.0672. The van der Waals surface area contributed by atoms with Crippen LogP contribution >= 0.6 is 24.0 Å². The largest absolute Gasteiger partial charge is 0.356 e. The van der Waals surface area contributed by atoms with Crippen LogP contribution in [0, 0.1) is 5.92 Å². The molecule has 32 heavy (non-hydrogen) atoms. The van der Waals surface area contributed by atoms with Gasteiger partial charge in [-0.3, -0.25) is 18.9 Å². The average Bonchev–Trinajstić information content (AvgIpc) is 3.09. The lowest BCUT2D eigenvalue weighted by molar-refractivity contribution is -0.124. The van der Waals surface area contributed by atoms with E-state index in [9.17, 15) is 9.59 Å². The van der Waals surface area contributed by atoms with E-state index in [0.29, 0.717) is 32.2 Å². The zero-order valence-electron chi connectivity index (χ0n) is 18.3. The number of carbonyl (C=O) groups is 1. The lowest BCUT2D eigenvalue weighted by Gasteiger charge is -2.32. The number of carbonyl (C=O) groups excluding carboxylic acids is 1. The first-order valence-electron chi connectivity index (χ1n) is 11.6. The minimum Gasteiger partial charge on any atom is -0.356 e. The highest BCUT2D eigenvalue weighted by Gasteiger charge is 2.38. The molecule has 168 valence electrons. The average molecular weight is 469 g/mol. The van der Waals surface area contributed by atoms with Crippen LogP contribution in [-0.2, 0) is 4.79 Å². The van der Waals surface area contributed by atoms with E-state index in [2.05, 4.69) is 11.8 Å². The standard InChI is InChI=1S/C24H28N4O2S2/c1-16-8-7-12-26(15-16)21-18(22(29)27-13-6-5-11-20(27)25-21)14-19-23(30)28(24(31)32-19)17-9-3-2-4-10-17/h5-6,11,13-14,16-17H,2-4,7-10,12,15H2,1H3/b19-14-/t16-/m1/s1. The fourth-order valence-corrected chi connectivity index (χ4v) is 6.49. The maximum atomic E-state index is 13.5. The Bertz CT molecular complexity index is 1150. The third kappa shape index (κ3) is 3.99. The molecular weight excluding hydrogens is 440 g/mol. The Morgan fingerprint density at radius 3 is 2.72 bits per heavy atom. The number of hydrogen-bond acceptors (Lipinski definition) is 6. The second-order valence-corrected chi connectivity index (χ2v) is 10.8. The molecule has 1 aliphatic carbocycles. The SMILES string of the molecule is C[C@@H]1CCCN(c2nc3ccccn3c(=O)c2/C=C2\SC(=S)N(C3CCCCC3)C2=O)C1. The Kier molecular flexibility index (Phi) is 6.07. The van der Waals surface area contributed by atoms with Crippen molar-refractivity contribution in [2.24, 2.45) is 5.92 Å². The van der Waals surface area contributed by atoms with Crippen LogP contribution in [0.3, 0.4) is 0 Å². The number of fused-ring (bicyclic) bond motifs is 1. The van der Waals surface area contributed by atoms with E-state index in [4.69, 9.17) is 17.2 Å². The Morgan fingerprint density at radius 1 is 1.12 bits per heavy atom. The molecule has 1 amide bonds. The van der Waals surface area contributed by atoms with Gasteiger partial charge in [0.15, 0.2) is 0 Å². The summed E-state index contributed by atoms with van der Waals surface area (Å²) in [7, 11) is 0. The third-order valence-corrected chi connectivity index (χ3v) is 8.07. The molecule has 5 rings (SSSR count). The van der Waals surface area contributed by atoms with Gasteiger partial charge in [-0.25, -0.2) is 4.98 Å². The van der Waals surface area contributed by atoms with Crippen LogP contribution in [0.4, 0.5) is 5.82 Å². The van der Waals surface area contributed by atoms with E-state index < -0.39 is 0 Å². The predicted molar refractivity (Wildman–Crippen MR) is 134 cm³/mol. The summed E-state index contributed by atoms with van der Waals surface area (Å²) in [5.74, 6) is 1.15. The van der Waals surface area contributed by atoms with E-state index in [1.165, 1.54) is 24.6 Å². The number of rotatable bonds is 3. The Balaban J connectivity index is 1.58. The number of nitrogens with zero attached hydrogens (tertiary/aromatic N) is 4. The summed E-state index contributed by atoms with van der Waals surface area (Å²) in [6.45, 7) is 3.96. The minimum atomic E-state index is -0.147. The van der Waals surface area contributed by atoms with Crippen LogP contribution in [0.1, 0.15) is 57.4 Å². The second kappa shape index (κ2) is 8.98. The summed E-state index contributed by atoms with van der Waals surface area (Å²) >= 11 is 6.91. The number of aromatic nitrogens is 2. The molecule has 0 unspecified atom stereocenters. The van der Waals surface area contributed by atoms with Gasteiger partial charge < -0.3 is 4.90 Å². The van der Waals surface area contributed by atoms with E-state index in [1.54, 1.807) is 21.6 Å². The Labute approximate surface area is 197 Å². The quantitative estimate of drug-likeness (QED) is 0.490. The molecule has 3 aliphatic rings. The Hall–Kier alpha value is -2.19. The third-order valence-electron chi connectivity index (χ3n) is 6.74. The van der Waals surface area contributed by atoms with Crippen molar-refractivity contribution in [3.8, 4) is 0 Å². The molecule has 2 aliphatic heterocycles. The number of anilines is 1. The van der Waals surface area contributed by atoms with E-state index in [1.807, 2.05) is 18.2 Å². The number of thiocarbonyl (C=S) groups is 1. The first kappa shape index (κ1) is 21.6. The summed E-state index contributed by atoms with van der Waals surface area (Å²) in [4.78, 5) is 36.2. The van der Waals surface area contributed by atoms with Crippen molar-refractivity contribution in [1.29, 1.82) is 0 Å². The van der Waals surface area contributed by atoms with E-state index >= 15 is 0 Å². The molecule has 1 saturated carbocycles. The molecule has 0 radical (unpaired) electrons. The molecule has 2 aromatic heterocycles. The zero-order valence-corrected chi connectivity index (χ0v) is 20.0. The first-order chi connectivity index (χ1) is 15.5. The summed E-state index contributed by atoms with van der Waals surface area (Å²) in [6.07, 6.45) is 11.2. The highest BCUT2D eigenvalue weighted by Crippen LogP contribution is 2.38. The lowest BCUT2D eigenvalue weighted by Crippen LogP contribution is -2.39. The van der Waals surface area contributed by atoms with E-state index in [0.717, 1.165) is 45.2 Å². The van der Waals surface area contributed by atoms with Crippen molar-refractivity contribution < 1.29 is 4.79 Å². The molecule has 8 heteroatoms. The molecule has 4 heterocycles. The topological polar surface area (TPSA) is 57.9 Å². The molecule has 0 spiro atoms. The van der Waals surface area contributed by atoms with Gasteiger partial charge in [0.2, 0.25) is 0 Å². The molecule has 0 bridgehead atoms. The van der Waals surface area contributed by atoms with Crippen LogP contribution in [0.15, 0.2) is 34.1 Å². The summed E-state index contributed by atoms with van der Waals surface area (Å²) in [5.41, 5.74) is 0.955. The molecule has 0 aromatic carbocycles. The molecule has 2 saturated heterocycles. The van der Waals surface area contributed by atoms with Crippen molar-refractivity contribution in [3.05, 3.63) is 45.2 Å². The van der Waals surface area contributed by atoms with Crippen LogP contribution in [0.2, 0.25) is 0 Å². The first-order valence-corrected chi connectivity index (χ1v) is 12.8.